The lowest BCUT2D eigenvalue weighted by atomic mass is 9.96. The monoisotopic (exact) mass is 368 g/mol. The minimum atomic E-state index is -0.979. The molecule has 6 heteroatoms. The van der Waals surface area contributed by atoms with E-state index in [-0.39, 0.29) is 11.6 Å². The zero-order valence-corrected chi connectivity index (χ0v) is 16.3. The Labute approximate surface area is 160 Å². The highest BCUT2D eigenvalue weighted by molar-refractivity contribution is 5.37. The number of hydrogen-bond donors (Lipinski definition) is 2. The Morgan fingerprint density at radius 3 is 2.74 bits per heavy atom. The Balaban J connectivity index is 1.65. The van der Waals surface area contributed by atoms with Crippen LogP contribution >= 0.6 is 0 Å². The second-order valence-corrected chi connectivity index (χ2v) is 7.71. The van der Waals surface area contributed by atoms with Crippen molar-refractivity contribution in [2.45, 2.75) is 58.2 Å². The van der Waals surface area contributed by atoms with Gasteiger partial charge in [0.05, 0.1) is 0 Å². The van der Waals surface area contributed by atoms with Crippen LogP contribution in [0.25, 0.3) is 0 Å². The van der Waals surface area contributed by atoms with Crippen molar-refractivity contribution in [1.29, 1.82) is 0 Å². The van der Waals surface area contributed by atoms with Gasteiger partial charge in [-0.25, -0.2) is 9.89 Å². The van der Waals surface area contributed by atoms with Crippen LogP contribution in [0, 0.1) is 11.8 Å². The highest BCUT2D eigenvalue weighted by Crippen LogP contribution is 2.26. The molecule has 144 valence electrons. The Hall–Kier alpha value is -2.36. The summed E-state index contributed by atoms with van der Waals surface area (Å²) in [5.74, 6) is 7.00. The molecule has 0 radical (unpaired) electrons. The average Bonchev–Trinajstić information content (AvgIpc) is 3.01. The summed E-state index contributed by atoms with van der Waals surface area (Å²) in [6.45, 7) is 8.81. The zero-order valence-electron chi connectivity index (χ0n) is 16.3. The molecule has 1 aliphatic heterocycles. The van der Waals surface area contributed by atoms with Crippen molar-refractivity contribution < 1.29 is 5.11 Å². The predicted molar refractivity (Wildman–Crippen MR) is 105 cm³/mol. The van der Waals surface area contributed by atoms with Crippen LogP contribution < -0.4 is 5.69 Å². The molecular weight excluding hydrogens is 340 g/mol. The Bertz CT molecular complexity index is 878. The van der Waals surface area contributed by atoms with Gasteiger partial charge in [-0.1, -0.05) is 24.0 Å². The van der Waals surface area contributed by atoms with Crippen molar-refractivity contribution in [2.75, 3.05) is 13.1 Å². The number of benzene rings is 1. The number of aliphatic hydroxyl groups is 1. The highest BCUT2D eigenvalue weighted by atomic mass is 16.3. The normalized spacial score (nSPS) is 18.1. The molecule has 2 heterocycles. The minimum absolute atomic E-state index is 0.118. The summed E-state index contributed by atoms with van der Waals surface area (Å²) in [7, 11) is 0. The third-order valence-corrected chi connectivity index (χ3v) is 4.85. The van der Waals surface area contributed by atoms with E-state index in [1.807, 2.05) is 19.1 Å². The van der Waals surface area contributed by atoms with Crippen molar-refractivity contribution in [1.82, 2.24) is 19.7 Å². The van der Waals surface area contributed by atoms with Crippen LogP contribution in [0.4, 0.5) is 0 Å². The topological polar surface area (TPSA) is 74.2 Å². The molecule has 2 N–H and O–H groups in total. The number of rotatable bonds is 4. The summed E-state index contributed by atoms with van der Waals surface area (Å²) >= 11 is 0. The molecule has 1 aromatic heterocycles. The van der Waals surface area contributed by atoms with Crippen LogP contribution in [0.5, 0.6) is 0 Å². The molecule has 0 aliphatic carbocycles. The predicted octanol–water partition coefficient (Wildman–Crippen LogP) is 2.09. The van der Waals surface area contributed by atoms with Crippen molar-refractivity contribution in [3.05, 3.63) is 51.7 Å². The van der Waals surface area contributed by atoms with Gasteiger partial charge >= 0.3 is 5.69 Å². The third kappa shape index (κ3) is 5.09. The first-order valence-electron chi connectivity index (χ1n) is 9.57. The number of aromatic amines is 1. The average molecular weight is 368 g/mol. The molecule has 1 aromatic carbocycles. The van der Waals surface area contributed by atoms with E-state index in [1.165, 1.54) is 5.56 Å². The standard InChI is InChI=1S/C21H28N4O2/c1-4-25-19(22-23-20(25)26)18-6-5-13-24(15-18)14-17-9-7-16(8-10-17)11-12-21(2,3)27/h7-10,18,27H,4-6,13-15H2,1-3H3,(H,23,26). The molecule has 1 aliphatic rings. The van der Waals surface area contributed by atoms with Gasteiger partial charge in [0.2, 0.25) is 0 Å². The second-order valence-electron chi connectivity index (χ2n) is 7.71. The molecule has 3 rings (SSSR count). The van der Waals surface area contributed by atoms with Crippen molar-refractivity contribution >= 4 is 0 Å². The Kier molecular flexibility index (Phi) is 5.83. The van der Waals surface area contributed by atoms with Crippen molar-refractivity contribution in [2.24, 2.45) is 0 Å². The molecule has 1 saturated heterocycles. The summed E-state index contributed by atoms with van der Waals surface area (Å²) in [4.78, 5) is 14.3. The van der Waals surface area contributed by atoms with Gasteiger partial charge in [-0.3, -0.25) is 9.47 Å². The number of aromatic nitrogens is 3. The first kappa shape index (κ1) is 19.4. The fourth-order valence-corrected chi connectivity index (χ4v) is 3.53. The zero-order chi connectivity index (χ0) is 19.4. The Morgan fingerprint density at radius 1 is 1.33 bits per heavy atom. The van der Waals surface area contributed by atoms with Crippen LogP contribution in [0.2, 0.25) is 0 Å². The van der Waals surface area contributed by atoms with Crippen LogP contribution in [0.3, 0.4) is 0 Å². The molecule has 0 bridgehead atoms. The van der Waals surface area contributed by atoms with Crippen molar-refractivity contribution in [3.63, 3.8) is 0 Å². The first-order chi connectivity index (χ1) is 12.9. The summed E-state index contributed by atoms with van der Waals surface area (Å²) in [5, 5.41) is 16.6. The Morgan fingerprint density at radius 2 is 2.07 bits per heavy atom. The van der Waals surface area contributed by atoms with Crippen LogP contribution in [0.1, 0.15) is 56.5 Å². The maximum atomic E-state index is 11.8. The van der Waals surface area contributed by atoms with Gasteiger partial charge < -0.3 is 5.11 Å². The molecule has 6 nitrogen and oxygen atoms in total. The first-order valence-corrected chi connectivity index (χ1v) is 9.57. The lowest BCUT2D eigenvalue weighted by Gasteiger charge is -2.32. The van der Waals surface area contributed by atoms with Gasteiger partial charge in [0.1, 0.15) is 11.4 Å². The molecule has 1 fully saturated rings. The number of H-pyrrole nitrogens is 1. The summed E-state index contributed by atoms with van der Waals surface area (Å²) in [5.41, 5.74) is 1.04. The maximum absolute atomic E-state index is 11.8. The van der Waals surface area contributed by atoms with E-state index in [9.17, 15) is 9.90 Å². The molecule has 27 heavy (non-hydrogen) atoms. The largest absolute Gasteiger partial charge is 0.378 e. The summed E-state index contributed by atoms with van der Waals surface area (Å²) in [6, 6.07) is 8.18. The quantitative estimate of drug-likeness (QED) is 0.811. The van der Waals surface area contributed by atoms with Gasteiger partial charge in [-0.2, -0.15) is 5.10 Å². The highest BCUT2D eigenvalue weighted by Gasteiger charge is 2.25. The van der Waals surface area contributed by atoms with Crippen LogP contribution in [0.15, 0.2) is 29.1 Å². The van der Waals surface area contributed by atoms with Gasteiger partial charge in [0, 0.05) is 31.1 Å². The summed E-state index contributed by atoms with van der Waals surface area (Å²) < 4.78 is 1.74. The van der Waals surface area contributed by atoms with E-state index in [0.29, 0.717) is 6.54 Å². The molecule has 1 atom stereocenters. The van der Waals surface area contributed by atoms with E-state index >= 15 is 0 Å². The lowest BCUT2D eigenvalue weighted by molar-refractivity contribution is 0.143. The third-order valence-electron chi connectivity index (χ3n) is 4.85. The van der Waals surface area contributed by atoms with E-state index in [4.69, 9.17) is 0 Å². The van der Waals surface area contributed by atoms with E-state index < -0.39 is 5.60 Å². The number of nitrogens with zero attached hydrogens (tertiary/aromatic N) is 3. The van der Waals surface area contributed by atoms with Crippen LogP contribution in [-0.2, 0) is 13.1 Å². The smallest absolute Gasteiger partial charge is 0.343 e. The second kappa shape index (κ2) is 8.12. The van der Waals surface area contributed by atoms with Crippen LogP contribution in [-0.4, -0.2) is 43.5 Å². The number of piperidine rings is 1. The van der Waals surface area contributed by atoms with E-state index in [1.54, 1.807) is 18.4 Å². The lowest BCUT2D eigenvalue weighted by Crippen LogP contribution is -2.35. The van der Waals surface area contributed by atoms with Gasteiger partial charge in [0.25, 0.3) is 0 Å². The van der Waals surface area contributed by atoms with Gasteiger partial charge in [-0.05, 0) is 57.9 Å². The molecular formula is C21H28N4O2. The molecule has 0 amide bonds. The SMILES string of the molecule is CCn1c(C2CCCN(Cc3ccc(C#CC(C)(C)O)cc3)C2)n[nH]c1=O. The number of likely N-dealkylation sites (tertiary alicyclic amines) is 1. The number of hydrogen-bond acceptors (Lipinski definition) is 4. The number of nitrogens with one attached hydrogen (secondary N) is 1. The molecule has 1 unspecified atom stereocenters. The van der Waals surface area contributed by atoms with Gasteiger partial charge in [-0.15, -0.1) is 0 Å². The minimum Gasteiger partial charge on any atom is -0.378 e. The van der Waals surface area contributed by atoms with E-state index in [2.05, 4.69) is 39.1 Å². The molecule has 2 aromatic rings. The maximum Gasteiger partial charge on any atom is 0.343 e. The molecule has 0 spiro atoms. The molecule has 0 saturated carbocycles. The van der Waals surface area contributed by atoms with Gasteiger partial charge in [0.15, 0.2) is 0 Å². The van der Waals surface area contributed by atoms with Crippen molar-refractivity contribution in [3.8, 4) is 11.8 Å². The summed E-state index contributed by atoms with van der Waals surface area (Å²) in [6.07, 6.45) is 2.16. The van der Waals surface area contributed by atoms with E-state index in [0.717, 1.165) is 43.9 Å². The fourth-order valence-electron chi connectivity index (χ4n) is 3.53. The fraction of sp³-hybridized carbons (Fsp3) is 0.524.